The molecule has 3 rings (SSSR count). The van der Waals surface area contributed by atoms with E-state index < -0.39 is 33.9 Å². The van der Waals surface area contributed by atoms with Gasteiger partial charge in [-0.3, -0.25) is 4.79 Å². The van der Waals surface area contributed by atoms with Crippen LogP contribution in [0.2, 0.25) is 0 Å². The van der Waals surface area contributed by atoms with Crippen molar-refractivity contribution in [1.29, 1.82) is 0 Å². The van der Waals surface area contributed by atoms with E-state index in [1.807, 2.05) is 0 Å². The fraction of sp³-hybridized carbons (Fsp3) is 0.111. The van der Waals surface area contributed by atoms with Crippen LogP contribution in [0.1, 0.15) is 5.56 Å². The minimum Gasteiger partial charge on any atom is -0.481 e. The van der Waals surface area contributed by atoms with Crippen LogP contribution in [0.15, 0.2) is 47.5 Å². The fourth-order valence-corrected chi connectivity index (χ4v) is 3.08. The standard InChI is InChI=1S/C18H13F2NO5S/c1-27(24,25)12-3-5-16(21-9-12)26-15-6-10(7-17(22)23)18(20)13-4-2-11(19)8-14(13)15/h2-6,8-9H,7H2,1H3,(H,22,23). The first-order chi connectivity index (χ1) is 12.6. The Bertz CT molecular complexity index is 1140. The monoisotopic (exact) mass is 393 g/mol. The molecule has 1 aromatic heterocycles. The summed E-state index contributed by atoms with van der Waals surface area (Å²) in [5.74, 6) is -2.65. The number of benzene rings is 2. The van der Waals surface area contributed by atoms with E-state index in [0.717, 1.165) is 30.7 Å². The lowest BCUT2D eigenvalue weighted by Crippen LogP contribution is -2.04. The van der Waals surface area contributed by atoms with Gasteiger partial charge in [0.1, 0.15) is 17.4 Å². The molecule has 0 amide bonds. The van der Waals surface area contributed by atoms with Gasteiger partial charge in [0.2, 0.25) is 5.88 Å². The highest BCUT2D eigenvalue weighted by Crippen LogP contribution is 2.34. The molecule has 0 fully saturated rings. The number of carboxylic acids is 1. The van der Waals surface area contributed by atoms with Gasteiger partial charge in [0.25, 0.3) is 0 Å². The van der Waals surface area contributed by atoms with Gasteiger partial charge in [-0.15, -0.1) is 0 Å². The van der Waals surface area contributed by atoms with E-state index >= 15 is 0 Å². The van der Waals surface area contributed by atoms with Crippen LogP contribution in [0.5, 0.6) is 11.6 Å². The molecule has 27 heavy (non-hydrogen) atoms. The summed E-state index contributed by atoms with van der Waals surface area (Å²) in [6.07, 6.45) is 1.53. The highest BCUT2D eigenvalue weighted by Gasteiger charge is 2.17. The molecule has 0 unspecified atom stereocenters. The van der Waals surface area contributed by atoms with Gasteiger partial charge >= 0.3 is 5.97 Å². The third-order valence-electron chi connectivity index (χ3n) is 3.76. The zero-order valence-electron chi connectivity index (χ0n) is 13.9. The number of rotatable bonds is 5. The lowest BCUT2D eigenvalue weighted by atomic mass is 10.0. The fourth-order valence-electron chi connectivity index (χ4n) is 2.52. The van der Waals surface area contributed by atoms with Gasteiger partial charge in [0, 0.05) is 34.9 Å². The number of carboxylic acid groups (broad SMARTS) is 1. The number of hydrogen-bond acceptors (Lipinski definition) is 5. The first-order valence-corrected chi connectivity index (χ1v) is 9.50. The number of sulfone groups is 1. The molecule has 0 bridgehead atoms. The van der Waals surface area contributed by atoms with Crippen molar-refractivity contribution >= 4 is 26.6 Å². The molecular formula is C18H13F2NO5S. The van der Waals surface area contributed by atoms with Crippen LogP contribution in [-0.4, -0.2) is 30.7 Å². The van der Waals surface area contributed by atoms with Crippen molar-refractivity contribution < 1.29 is 31.8 Å². The van der Waals surface area contributed by atoms with Crippen LogP contribution in [0, 0.1) is 11.6 Å². The number of nitrogens with zero attached hydrogens (tertiary/aromatic N) is 1. The van der Waals surface area contributed by atoms with Gasteiger partial charge < -0.3 is 9.84 Å². The van der Waals surface area contributed by atoms with Crippen LogP contribution in [0.25, 0.3) is 10.8 Å². The number of ether oxygens (including phenoxy) is 1. The summed E-state index contributed by atoms with van der Waals surface area (Å²) in [6.45, 7) is 0. The van der Waals surface area contributed by atoms with Crippen molar-refractivity contribution in [3.63, 3.8) is 0 Å². The van der Waals surface area contributed by atoms with Crippen LogP contribution in [0.4, 0.5) is 8.78 Å². The molecule has 0 radical (unpaired) electrons. The Morgan fingerprint density at radius 3 is 2.48 bits per heavy atom. The molecule has 0 aliphatic heterocycles. The van der Waals surface area contributed by atoms with Gasteiger partial charge in [-0.25, -0.2) is 22.2 Å². The van der Waals surface area contributed by atoms with E-state index in [1.165, 1.54) is 18.2 Å². The second kappa shape index (κ2) is 6.92. The van der Waals surface area contributed by atoms with E-state index in [4.69, 9.17) is 9.84 Å². The zero-order chi connectivity index (χ0) is 19.8. The van der Waals surface area contributed by atoms with E-state index in [-0.39, 0.29) is 32.9 Å². The predicted molar refractivity (Wildman–Crippen MR) is 92.6 cm³/mol. The predicted octanol–water partition coefficient (Wildman–Crippen LogP) is 3.34. The van der Waals surface area contributed by atoms with Gasteiger partial charge in [-0.2, -0.15) is 0 Å². The van der Waals surface area contributed by atoms with Crippen molar-refractivity contribution in [2.75, 3.05) is 6.26 Å². The SMILES string of the molecule is CS(=O)(=O)c1ccc(Oc2cc(CC(=O)O)c(F)c3ccc(F)cc23)nc1. The number of aliphatic carboxylic acids is 1. The molecule has 0 atom stereocenters. The molecule has 6 nitrogen and oxygen atoms in total. The maximum absolute atomic E-state index is 14.5. The minimum atomic E-state index is -3.44. The maximum Gasteiger partial charge on any atom is 0.307 e. The molecule has 0 aliphatic rings. The van der Waals surface area contributed by atoms with E-state index in [2.05, 4.69) is 4.98 Å². The molecule has 9 heteroatoms. The van der Waals surface area contributed by atoms with Crippen molar-refractivity contribution in [3.8, 4) is 11.6 Å². The average molecular weight is 393 g/mol. The molecule has 1 heterocycles. The smallest absolute Gasteiger partial charge is 0.307 e. The molecule has 2 aromatic carbocycles. The summed E-state index contributed by atoms with van der Waals surface area (Å²) in [6, 6.07) is 7.04. The number of carbonyl (C=O) groups is 1. The molecular weight excluding hydrogens is 380 g/mol. The lowest BCUT2D eigenvalue weighted by molar-refractivity contribution is -0.136. The topological polar surface area (TPSA) is 93.6 Å². The molecule has 0 saturated carbocycles. The molecule has 0 spiro atoms. The molecule has 0 aliphatic carbocycles. The Labute approximate surface area is 153 Å². The third kappa shape index (κ3) is 4.03. The second-order valence-corrected chi connectivity index (χ2v) is 7.83. The average Bonchev–Trinajstić information content (AvgIpc) is 2.58. The van der Waals surface area contributed by atoms with Gasteiger partial charge in [-0.1, -0.05) is 0 Å². The summed E-state index contributed by atoms with van der Waals surface area (Å²) in [7, 11) is -3.44. The van der Waals surface area contributed by atoms with Gasteiger partial charge in [-0.05, 0) is 30.3 Å². The normalized spacial score (nSPS) is 11.5. The number of hydrogen-bond donors (Lipinski definition) is 1. The summed E-state index contributed by atoms with van der Waals surface area (Å²) in [4.78, 5) is 14.8. The van der Waals surface area contributed by atoms with Gasteiger partial charge in [0.15, 0.2) is 9.84 Å². The summed E-state index contributed by atoms with van der Waals surface area (Å²) in [5, 5.41) is 9.05. The first-order valence-electron chi connectivity index (χ1n) is 7.61. The van der Waals surface area contributed by atoms with Gasteiger partial charge in [0.05, 0.1) is 11.3 Å². The lowest BCUT2D eigenvalue weighted by Gasteiger charge is -2.12. The largest absolute Gasteiger partial charge is 0.481 e. The summed E-state index contributed by atoms with van der Waals surface area (Å²) >= 11 is 0. The van der Waals surface area contributed by atoms with Crippen molar-refractivity contribution in [3.05, 3.63) is 59.8 Å². The molecule has 0 saturated heterocycles. The Morgan fingerprint density at radius 2 is 1.89 bits per heavy atom. The van der Waals surface area contributed by atoms with Crippen LogP contribution in [0.3, 0.4) is 0 Å². The van der Waals surface area contributed by atoms with Crippen LogP contribution < -0.4 is 4.74 Å². The second-order valence-electron chi connectivity index (χ2n) is 5.81. The zero-order valence-corrected chi connectivity index (χ0v) is 14.8. The Kier molecular flexibility index (Phi) is 4.79. The Balaban J connectivity index is 2.10. The molecule has 1 N–H and O–H groups in total. The summed E-state index contributed by atoms with van der Waals surface area (Å²) < 4.78 is 56.7. The molecule has 140 valence electrons. The minimum absolute atomic E-state index is 0.00163. The summed E-state index contributed by atoms with van der Waals surface area (Å²) in [5.41, 5.74) is -0.135. The first kappa shape index (κ1) is 18.7. The highest BCUT2D eigenvalue weighted by molar-refractivity contribution is 7.90. The quantitative estimate of drug-likeness (QED) is 0.715. The Morgan fingerprint density at radius 1 is 1.15 bits per heavy atom. The van der Waals surface area contributed by atoms with E-state index in [0.29, 0.717) is 0 Å². The number of halogens is 2. The maximum atomic E-state index is 14.5. The van der Waals surface area contributed by atoms with E-state index in [1.54, 1.807) is 0 Å². The number of fused-ring (bicyclic) bond motifs is 1. The highest BCUT2D eigenvalue weighted by atomic mass is 32.2. The van der Waals surface area contributed by atoms with Crippen LogP contribution >= 0.6 is 0 Å². The number of pyridine rings is 1. The van der Waals surface area contributed by atoms with Crippen LogP contribution in [-0.2, 0) is 21.1 Å². The van der Waals surface area contributed by atoms with Crippen molar-refractivity contribution in [1.82, 2.24) is 4.98 Å². The van der Waals surface area contributed by atoms with E-state index in [9.17, 15) is 22.0 Å². The van der Waals surface area contributed by atoms with Crippen molar-refractivity contribution in [2.45, 2.75) is 11.3 Å². The Hall–Kier alpha value is -3.07. The van der Waals surface area contributed by atoms with Crippen molar-refractivity contribution in [2.24, 2.45) is 0 Å². The third-order valence-corrected chi connectivity index (χ3v) is 4.86. The number of aromatic nitrogens is 1. The molecule has 3 aromatic rings.